The first kappa shape index (κ1) is 33.1. The van der Waals surface area contributed by atoms with Crippen LogP contribution in [0.15, 0.2) is 72.8 Å². The molecule has 0 heterocycles. The van der Waals surface area contributed by atoms with E-state index in [4.69, 9.17) is 21.1 Å². The minimum atomic E-state index is -0.295. The Morgan fingerprint density at radius 1 is 0.619 bits per heavy atom. The van der Waals surface area contributed by atoms with Crippen LogP contribution in [0.1, 0.15) is 65.2 Å². The van der Waals surface area contributed by atoms with E-state index in [-0.39, 0.29) is 30.5 Å². The number of aliphatic hydroxyl groups excluding tert-OH is 1. The third kappa shape index (κ3) is 7.90. The van der Waals surface area contributed by atoms with Crippen LogP contribution in [0.4, 0.5) is 8.78 Å². The summed E-state index contributed by atoms with van der Waals surface area (Å²) in [5, 5.41) is 9.35. The summed E-state index contributed by atoms with van der Waals surface area (Å²) in [4.78, 5) is 0. The molecular weight excluding hydrogens is 554 g/mol. The first-order chi connectivity index (χ1) is 19.7. The second kappa shape index (κ2) is 13.7. The Balaban J connectivity index is 0.000000293. The molecule has 4 aromatic rings. The fourth-order valence-electron chi connectivity index (χ4n) is 4.79. The van der Waals surface area contributed by atoms with Gasteiger partial charge in [0.1, 0.15) is 23.1 Å². The molecule has 4 aromatic carbocycles. The van der Waals surface area contributed by atoms with Crippen molar-refractivity contribution in [3.8, 4) is 33.8 Å². The standard InChI is InChI=1S/C18H20ClFO.C18H21FO2.H2/c1-18(2,3)16-7-5-12(11-19)9-14(16)15-10-13(21-4)6-8-17(15)20;1-18(2,3)16-7-5-12(11-20)9-14(16)15-10-13(21-4)6-8-17(15)19;/h5-10H,11H2,1-4H3;5-10,20H,11H2,1-4H3;1H/i;;1+2. The van der Waals surface area contributed by atoms with E-state index >= 15 is 0 Å². The maximum Gasteiger partial charge on any atom is 0.131 e. The summed E-state index contributed by atoms with van der Waals surface area (Å²) in [5.41, 5.74) is 6.36. The van der Waals surface area contributed by atoms with Crippen LogP contribution < -0.4 is 9.47 Å². The van der Waals surface area contributed by atoms with E-state index < -0.39 is 0 Å². The summed E-state index contributed by atoms with van der Waals surface area (Å²) in [6, 6.07) is 21.2. The molecule has 0 atom stereocenters. The molecule has 0 amide bonds. The number of hydrogen-bond acceptors (Lipinski definition) is 3. The van der Waals surface area contributed by atoms with Crippen LogP contribution in [0.25, 0.3) is 22.3 Å². The SMILES string of the molecule is COc1ccc(F)c(-c2cc(CCl)ccc2C(C)(C)C)c1.COc1ccc(F)c(-c2cc(CO)ccc2C(C)(C)C)c1.[3HH]. The summed E-state index contributed by atoms with van der Waals surface area (Å²) < 4.78 is 39.0. The first-order valence-electron chi connectivity index (χ1n) is 13.8. The first-order valence-corrected chi connectivity index (χ1v) is 14.4. The van der Waals surface area contributed by atoms with Crippen LogP contribution in [0.2, 0.25) is 0 Å². The molecular formula is C36H43ClF2O3. The fraction of sp³-hybridized carbons (Fsp3) is 0.333. The molecule has 6 heteroatoms. The molecule has 226 valence electrons. The van der Waals surface area contributed by atoms with Gasteiger partial charge in [-0.15, -0.1) is 11.6 Å². The third-order valence-electron chi connectivity index (χ3n) is 7.05. The van der Waals surface area contributed by atoms with Gasteiger partial charge in [0.05, 0.1) is 20.8 Å². The highest BCUT2D eigenvalue weighted by Crippen LogP contribution is 2.38. The summed E-state index contributed by atoms with van der Waals surface area (Å²) in [7, 11) is 3.14. The second-order valence-corrected chi connectivity index (χ2v) is 12.5. The monoisotopic (exact) mass is 598 g/mol. The lowest BCUT2D eigenvalue weighted by molar-refractivity contribution is 0.282. The maximum absolute atomic E-state index is 14.3. The number of hydrogen-bond donors (Lipinski definition) is 1. The molecule has 1 N–H and O–H groups in total. The molecule has 0 aliphatic rings. The Morgan fingerprint density at radius 3 is 1.38 bits per heavy atom. The quantitative estimate of drug-likeness (QED) is 0.224. The lowest BCUT2D eigenvalue weighted by atomic mass is 9.81. The van der Waals surface area contributed by atoms with Crippen molar-refractivity contribution in [2.45, 2.75) is 64.9 Å². The van der Waals surface area contributed by atoms with Gasteiger partial charge in [0.2, 0.25) is 0 Å². The zero-order chi connectivity index (χ0) is 31.2. The second-order valence-electron chi connectivity index (χ2n) is 12.2. The maximum atomic E-state index is 14.3. The van der Waals surface area contributed by atoms with Gasteiger partial charge in [-0.1, -0.05) is 65.8 Å². The van der Waals surface area contributed by atoms with Gasteiger partial charge in [0.25, 0.3) is 0 Å². The van der Waals surface area contributed by atoms with Crippen molar-refractivity contribution in [2.75, 3.05) is 14.2 Å². The van der Waals surface area contributed by atoms with Gasteiger partial charge in [0.15, 0.2) is 0 Å². The number of ether oxygens (including phenoxy) is 2. The Bertz CT molecular complexity index is 1410. The van der Waals surface area contributed by atoms with Gasteiger partial charge in [-0.3, -0.25) is 0 Å². The summed E-state index contributed by atoms with van der Waals surface area (Å²) in [6.07, 6.45) is 0. The van der Waals surface area contributed by atoms with E-state index in [2.05, 4.69) is 41.5 Å². The molecule has 42 heavy (non-hydrogen) atoms. The van der Waals surface area contributed by atoms with Crippen LogP contribution >= 0.6 is 11.6 Å². The predicted molar refractivity (Wildman–Crippen MR) is 172 cm³/mol. The third-order valence-corrected chi connectivity index (χ3v) is 7.36. The van der Waals surface area contributed by atoms with E-state index in [1.807, 2.05) is 36.4 Å². The van der Waals surface area contributed by atoms with Crippen LogP contribution in [0.3, 0.4) is 0 Å². The van der Waals surface area contributed by atoms with Crippen LogP contribution in [-0.2, 0) is 23.3 Å². The van der Waals surface area contributed by atoms with Crippen molar-refractivity contribution in [1.82, 2.24) is 0 Å². The van der Waals surface area contributed by atoms with Crippen LogP contribution in [0.5, 0.6) is 11.5 Å². The van der Waals surface area contributed by atoms with E-state index in [1.54, 1.807) is 38.5 Å². The average molecular weight is 599 g/mol. The van der Waals surface area contributed by atoms with Gasteiger partial charge in [-0.2, -0.15) is 0 Å². The number of methoxy groups -OCH3 is 2. The molecule has 4 rings (SSSR count). The molecule has 0 bridgehead atoms. The molecule has 0 fully saturated rings. The molecule has 0 radical (unpaired) electrons. The zero-order valence-electron chi connectivity index (χ0n) is 25.7. The fourth-order valence-corrected chi connectivity index (χ4v) is 4.96. The molecule has 0 aromatic heterocycles. The highest BCUT2D eigenvalue weighted by atomic mass is 35.5. The van der Waals surface area contributed by atoms with E-state index in [1.165, 1.54) is 12.1 Å². The van der Waals surface area contributed by atoms with E-state index in [0.29, 0.717) is 28.5 Å². The summed E-state index contributed by atoms with van der Waals surface area (Å²) in [6.45, 7) is 12.5. The molecule has 0 aliphatic heterocycles. The van der Waals surface area contributed by atoms with Gasteiger partial charge in [-0.25, -0.2) is 8.78 Å². The molecule has 0 spiro atoms. The number of halogens is 3. The molecule has 0 saturated heterocycles. The highest BCUT2D eigenvalue weighted by molar-refractivity contribution is 6.17. The lowest BCUT2D eigenvalue weighted by Crippen LogP contribution is -2.13. The number of alkyl halides is 1. The zero-order valence-corrected chi connectivity index (χ0v) is 26.5. The Morgan fingerprint density at radius 2 is 1.02 bits per heavy atom. The lowest BCUT2D eigenvalue weighted by Gasteiger charge is -2.24. The van der Waals surface area contributed by atoms with Crippen molar-refractivity contribution in [1.29, 1.82) is 0 Å². The van der Waals surface area contributed by atoms with Gasteiger partial charge >= 0.3 is 0 Å². The van der Waals surface area contributed by atoms with Gasteiger partial charge in [0, 0.05) is 18.4 Å². The summed E-state index contributed by atoms with van der Waals surface area (Å²) in [5.74, 6) is 1.11. The largest absolute Gasteiger partial charge is 0.497 e. The van der Waals surface area contributed by atoms with E-state index in [0.717, 1.165) is 33.4 Å². The molecule has 0 aliphatic carbocycles. The van der Waals surface area contributed by atoms with Crippen molar-refractivity contribution in [3.63, 3.8) is 0 Å². The Labute approximate surface area is 255 Å². The number of benzene rings is 4. The summed E-state index contributed by atoms with van der Waals surface area (Å²) >= 11 is 5.93. The van der Waals surface area contributed by atoms with Crippen molar-refractivity contribution >= 4 is 11.6 Å². The van der Waals surface area contributed by atoms with Gasteiger partial charge < -0.3 is 14.6 Å². The number of aliphatic hydroxyl groups is 1. The Hall–Kier alpha value is -3.41. The van der Waals surface area contributed by atoms with Crippen LogP contribution in [-0.4, -0.2) is 19.3 Å². The number of rotatable bonds is 6. The van der Waals surface area contributed by atoms with Crippen molar-refractivity contribution < 1.29 is 24.8 Å². The minimum Gasteiger partial charge on any atom is -0.497 e. The average Bonchev–Trinajstić information content (AvgIpc) is 2.96. The normalized spacial score (nSPS) is 11.5. The molecule has 3 nitrogen and oxygen atoms in total. The molecule has 0 saturated carbocycles. The van der Waals surface area contributed by atoms with E-state index in [9.17, 15) is 13.9 Å². The van der Waals surface area contributed by atoms with Gasteiger partial charge in [-0.05, 0) is 92.7 Å². The van der Waals surface area contributed by atoms with Crippen LogP contribution in [0, 0.1) is 11.6 Å². The highest BCUT2D eigenvalue weighted by Gasteiger charge is 2.22. The van der Waals surface area contributed by atoms with Crippen molar-refractivity contribution in [2.24, 2.45) is 0 Å². The predicted octanol–water partition coefficient (Wildman–Crippen LogP) is 10.1. The molecule has 0 unspecified atom stereocenters. The van der Waals surface area contributed by atoms with Crippen molar-refractivity contribution in [3.05, 3.63) is 107 Å². The topological polar surface area (TPSA) is 38.7 Å². The minimum absolute atomic E-state index is 0. The smallest absolute Gasteiger partial charge is 0.131 e. The Kier molecular flexibility index (Phi) is 10.8.